The first kappa shape index (κ1) is 19.7. The molecule has 0 aliphatic heterocycles. The number of hydrogen-bond donors (Lipinski definition) is 3. The quantitative estimate of drug-likeness (QED) is 0.378. The van der Waals surface area contributed by atoms with Crippen molar-refractivity contribution < 1.29 is 18.9 Å². The summed E-state index contributed by atoms with van der Waals surface area (Å²) in [7, 11) is 0. The predicted molar refractivity (Wildman–Crippen MR) is 99.5 cm³/mol. The number of nitrogens with zero attached hydrogens (tertiary/aromatic N) is 2. The van der Waals surface area contributed by atoms with Gasteiger partial charge in [-0.2, -0.15) is 5.10 Å². The topological polar surface area (TPSA) is 139 Å². The van der Waals surface area contributed by atoms with Gasteiger partial charge in [-0.15, -0.1) is 0 Å². The van der Waals surface area contributed by atoms with Crippen molar-refractivity contribution in [2.75, 3.05) is 11.9 Å². The first-order valence-corrected chi connectivity index (χ1v) is 7.85. The summed E-state index contributed by atoms with van der Waals surface area (Å²) >= 11 is 5.74. The fourth-order valence-electron chi connectivity index (χ4n) is 1.73. The van der Waals surface area contributed by atoms with Crippen LogP contribution in [0.5, 0.6) is 0 Å². The summed E-state index contributed by atoms with van der Waals surface area (Å²) in [6.45, 7) is -0.287. The molecule has 11 heteroatoms. The molecule has 0 aliphatic rings. The molecular formula is C16H14ClN5O5. The second kappa shape index (κ2) is 9.73. The van der Waals surface area contributed by atoms with Crippen LogP contribution in [0.4, 0.5) is 16.4 Å². The van der Waals surface area contributed by atoms with E-state index in [4.69, 9.17) is 16.0 Å². The van der Waals surface area contributed by atoms with Gasteiger partial charge in [-0.05, 0) is 42.5 Å². The minimum absolute atomic E-state index is 0.264. The SMILES string of the molecule is O=C(CNC(=O)Nc1ccc(Cl)cc1)N/N=C/C=C/c1ccc([N+](=O)[O-])o1. The van der Waals surface area contributed by atoms with Crippen molar-refractivity contribution in [3.63, 3.8) is 0 Å². The highest BCUT2D eigenvalue weighted by molar-refractivity contribution is 6.30. The van der Waals surface area contributed by atoms with E-state index >= 15 is 0 Å². The summed E-state index contributed by atoms with van der Waals surface area (Å²) < 4.78 is 4.90. The van der Waals surface area contributed by atoms with Gasteiger partial charge in [-0.1, -0.05) is 11.6 Å². The normalized spacial score (nSPS) is 10.9. The lowest BCUT2D eigenvalue weighted by molar-refractivity contribution is -0.402. The van der Waals surface area contributed by atoms with Crippen LogP contribution < -0.4 is 16.1 Å². The Morgan fingerprint density at radius 2 is 1.96 bits per heavy atom. The lowest BCUT2D eigenvalue weighted by Gasteiger charge is -2.06. The maximum absolute atomic E-state index is 11.6. The van der Waals surface area contributed by atoms with Crippen molar-refractivity contribution in [2.45, 2.75) is 0 Å². The molecule has 3 N–H and O–H groups in total. The molecule has 140 valence electrons. The first-order chi connectivity index (χ1) is 12.9. The highest BCUT2D eigenvalue weighted by Crippen LogP contribution is 2.16. The van der Waals surface area contributed by atoms with Crippen LogP contribution >= 0.6 is 11.6 Å². The molecule has 0 unspecified atom stereocenters. The minimum Gasteiger partial charge on any atom is -0.401 e. The van der Waals surface area contributed by atoms with Crippen molar-refractivity contribution in [3.8, 4) is 0 Å². The van der Waals surface area contributed by atoms with Crippen LogP contribution in [0, 0.1) is 10.1 Å². The maximum Gasteiger partial charge on any atom is 0.433 e. The van der Waals surface area contributed by atoms with Crippen LogP contribution in [0.15, 0.2) is 52.0 Å². The van der Waals surface area contributed by atoms with E-state index in [0.717, 1.165) is 0 Å². The third-order valence-corrected chi connectivity index (χ3v) is 3.17. The molecule has 27 heavy (non-hydrogen) atoms. The lowest BCUT2D eigenvalue weighted by atomic mass is 10.3. The Bertz CT molecular complexity index is 876. The van der Waals surface area contributed by atoms with Crippen LogP contribution in [-0.2, 0) is 4.79 Å². The predicted octanol–water partition coefficient (Wildman–Crippen LogP) is 2.78. The number of hydrazone groups is 1. The highest BCUT2D eigenvalue weighted by Gasteiger charge is 2.09. The van der Waals surface area contributed by atoms with Gasteiger partial charge < -0.3 is 15.1 Å². The molecule has 0 atom stereocenters. The van der Waals surface area contributed by atoms with Crippen LogP contribution in [-0.4, -0.2) is 29.6 Å². The number of benzene rings is 1. The summed E-state index contributed by atoms with van der Waals surface area (Å²) in [5.41, 5.74) is 2.73. The summed E-state index contributed by atoms with van der Waals surface area (Å²) in [6.07, 6.45) is 4.10. The number of carbonyl (C=O) groups is 2. The molecular weight excluding hydrogens is 378 g/mol. The van der Waals surface area contributed by atoms with Crippen LogP contribution in [0.1, 0.15) is 5.76 Å². The zero-order chi connectivity index (χ0) is 19.6. The average Bonchev–Trinajstić information content (AvgIpc) is 3.11. The van der Waals surface area contributed by atoms with Crippen LogP contribution in [0.25, 0.3) is 6.08 Å². The molecule has 0 saturated heterocycles. The van der Waals surface area contributed by atoms with E-state index in [1.165, 1.54) is 30.5 Å². The Hall–Kier alpha value is -3.66. The number of nitrogens with one attached hydrogen (secondary N) is 3. The molecule has 1 aromatic carbocycles. The van der Waals surface area contributed by atoms with Crippen molar-refractivity contribution in [3.05, 3.63) is 63.4 Å². The molecule has 1 aromatic heterocycles. The van der Waals surface area contributed by atoms with Crippen molar-refractivity contribution in [1.29, 1.82) is 0 Å². The number of halogens is 1. The second-order valence-electron chi connectivity index (χ2n) is 4.92. The van der Waals surface area contributed by atoms with Crippen molar-refractivity contribution >= 4 is 47.4 Å². The number of carbonyl (C=O) groups excluding carboxylic acids is 2. The van der Waals surface area contributed by atoms with Gasteiger partial charge in [-0.25, -0.2) is 10.2 Å². The highest BCUT2D eigenvalue weighted by atomic mass is 35.5. The first-order valence-electron chi connectivity index (χ1n) is 7.47. The number of anilines is 1. The molecule has 2 aromatic rings. The third kappa shape index (κ3) is 7.00. The van der Waals surface area contributed by atoms with E-state index in [2.05, 4.69) is 21.2 Å². The van der Waals surface area contributed by atoms with Gasteiger partial charge in [0.2, 0.25) is 0 Å². The fraction of sp³-hybridized carbons (Fsp3) is 0.0625. The van der Waals surface area contributed by atoms with E-state index in [9.17, 15) is 19.7 Å². The van der Waals surface area contributed by atoms with Gasteiger partial charge in [0.1, 0.15) is 17.2 Å². The fourth-order valence-corrected chi connectivity index (χ4v) is 1.85. The Balaban J connectivity index is 1.68. The number of amides is 3. The summed E-state index contributed by atoms with van der Waals surface area (Å²) in [4.78, 5) is 33.0. The molecule has 3 amide bonds. The minimum atomic E-state index is -0.651. The van der Waals surface area contributed by atoms with Crippen LogP contribution in [0.2, 0.25) is 5.02 Å². The Morgan fingerprint density at radius 3 is 2.63 bits per heavy atom. The second-order valence-corrected chi connectivity index (χ2v) is 5.36. The summed E-state index contributed by atoms with van der Waals surface area (Å²) in [5, 5.41) is 19.5. The number of hydrogen-bond acceptors (Lipinski definition) is 6. The number of allylic oxidation sites excluding steroid dienone is 1. The van der Waals surface area contributed by atoms with E-state index < -0.39 is 16.9 Å². The van der Waals surface area contributed by atoms with Gasteiger partial charge in [0, 0.05) is 16.9 Å². The Morgan fingerprint density at radius 1 is 1.22 bits per heavy atom. The van der Waals surface area contributed by atoms with Gasteiger partial charge in [-0.3, -0.25) is 14.9 Å². The molecule has 0 spiro atoms. The standard InChI is InChI=1S/C16H14ClN5O5/c17-11-3-5-12(6-4-11)20-16(24)18-10-14(23)21-19-9-1-2-13-7-8-15(27-13)22(25)26/h1-9H,10H2,(H,21,23)(H2,18,20,24)/b2-1+,19-9+. The van der Waals surface area contributed by atoms with E-state index in [0.29, 0.717) is 10.7 Å². The number of furan rings is 1. The van der Waals surface area contributed by atoms with E-state index in [1.54, 1.807) is 24.3 Å². The van der Waals surface area contributed by atoms with Crippen molar-refractivity contribution in [1.82, 2.24) is 10.7 Å². The zero-order valence-electron chi connectivity index (χ0n) is 13.7. The largest absolute Gasteiger partial charge is 0.433 e. The molecule has 2 rings (SSSR count). The van der Waals surface area contributed by atoms with E-state index in [1.807, 2.05) is 0 Å². The smallest absolute Gasteiger partial charge is 0.401 e. The number of rotatable bonds is 7. The number of urea groups is 1. The van der Waals surface area contributed by atoms with Gasteiger partial charge >= 0.3 is 11.9 Å². The van der Waals surface area contributed by atoms with E-state index in [-0.39, 0.29) is 18.2 Å². The molecule has 0 saturated carbocycles. The zero-order valence-corrected chi connectivity index (χ0v) is 14.5. The molecule has 10 nitrogen and oxygen atoms in total. The molecule has 1 heterocycles. The lowest BCUT2D eigenvalue weighted by Crippen LogP contribution is -2.37. The Kier molecular flexibility index (Phi) is 7.08. The van der Waals surface area contributed by atoms with Gasteiger partial charge in [0.25, 0.3) is 5.91 Å². The van der Waals surface area contributed by atoms with Crippen molar-refractivity contribution in [2.24, 2.45) is 5.10 Å². The molecule has 0 bridgehead atoms. The van der Waals surface area contributed by atoms with Crippen LogP contribution in [0.3, 0.4) is 0 Å². The molecule has 0 radical (unpaired) electrons. The average molecular weight is 392 g/mol. The summed E-state index contributed by atoms with van der Waals surface area (Å²) in [5.74, 6) is -0.651. The monoisotopic (exact) mass is 391 g/mol. The maximum atomic E-state index is 11.6. The van der Waals surface area contributed by atoms with Gasteiger partial charge in [0.05, 0.1) is 6.07 Å². The molecule has 0 fully saturated rings. The third-order valence-electron chi connectivity index (χ3n) is 2.91. The molecule has 0 aliphatic carbocycles. The number of nitro groups is 1. The Labute approximate surface area is 158 Å². The van der Waals surface area contributed by atoms with Gasteiger partial charge in [0.15, 0.2) is 0 Å². The summed E-state index contributed by atoms with van der Waals surface area (Å²) in [6, 6.07) is 8.55.